The molecule has 0 heterocycles. The summed E-state index contributed by atoms with van der Waals surface area (Å²) in [6.07, 6.45) is 0. The first-order valence-electron chi connectivity index (χ1n) is 4.15. The molecule has 0 aliphatic heterocycles. The van der Waals surface area contributed by atoms with Gasteiger partial charge in [0.1, 0.15) is 0 Å². The zero-order valence-corrected chi connectivity index (χ0v) is 11.2. The standard InChI is InChI=1S/C12H11.Hf/c1-10-6-5-9-12(10)11-7-3-2-4-8-11;/h2-9H,1H3;/q-1;. The van der Waals surface area contributed by atoms with Crippen LogP contribution >= 0.6 is 0 Å². The number of rotatable bonds is 1. The quantitative estimate of drug-likeness (QED) is 0.554. The van der Waals surface area contributed by atoms with E-state index in [1.807, 2.05) is 6.07 Å². The minimum Gasteiger partial charge on any atom is -0.194 e. The molecule has 2 aromatic rings. The van der Waals surface area contributed by atoms with E-state index in [-0.39, 0.29) is 25.8 Å². The maximum Gasteiger partial charge on any atom is 0 e. The predicted molar refractivity (Wildman–Crippen MR) is 52.2 cm³/mol. The zero-order valence-electron chi connectivity index (χ0n) is 7.62. The average Bonchev–Trinajstić information content (AvgIpc) is 2.53. The van der Waals surface area contributed by atoms with Gasteiger partial charge in [0, 0.05) is 25.8 Å². The van der Waals surface area contributed by atoms with Gasteiger partial charge in [-0.3, -0.25) is 0 Å². The second-order valence-electron chi connectivity index (χ2n) is 2.99. The van der Waals surface area contributed by atoms with Gasteiger partial charge < -0.3 is 0 Å². The molecule has 0 nitrogen and oxygen atoms in total. The third-order valence-corrected chi connectivity index (χ3v) is 2.12. The van der Waals surface area contributed by atoms with Crippen LogP contribution in [0.5, 0.6) is 0 Å². The molecule has 0 fully saturated rings. The molecule has 0 saturated carbocycles. The van der Waals surface area contributed by atoms with Gasteiger partial charge in [0.2, 0.25) is 0 Å². The van der Waals surface area contributed by atoms with E-state index < -0.39 is 0 Å². The Morgan fingerprint density at radius 2 is 1.69 bits per heavy atom. The van der Waals surface area contributed by atoms with Gasteiger partial charge in [-0.15, -0.1) is 0 Å². The number of hydrogen-bond acceptors (Lipinski definition) is 0. The van der Waals surface area contributed by atoms with Gasteiger partial charge in [-0.2, -0.15) is 29.3 Å². The molecule has 1 heteroatoms. The Bertz CT molecular complexity index is 360. The average molecular weight is 334 g/mol. The van der Waals surface area contributed by atoms with Crippen molar-refractivity contribution in [2.75, 3.05) is 0 Å². The molecule has 0 aromatic heterocycles. The van der Waals surface area contributed by atoms with E-state index in [2.05, 4.69) is 49.4 Å². The molecule has 64 valence electrons. The first-order chi connectivity index (χ1) is 5.88. The molecule has 0 bridgehead atoms. The second kappa shape index (κ2) is 4.61. The Labute approximate surface area is 97.8 Å². The molecule has 13 heavy (non-hydrogen) atoms. The normalized spacial score (nSPS) is 9.31. The topological polar surface area (TPSA) is 0 Å². The molecule has 2 rings (SSSR count). The van der Waals surface area contributed by atoms with Crippen LogP contribution in [0.3, 0.4) is 0 Å². The molecule has 0 radical (unpaired) electrons. The third-order valence-electron chi connectivity index (χ3n) is 2.12. The SMILES string of the molecule is Cc1c[cH-]cc1-c1ccccc1.[Hf]. The fraction of sp³-hybridized carbons (Fsp3) is 0.0833. The van der Waals surface area contributed by atoms with E-state index in [0.29, 0.717) is 0 Å². The van der Waals surface area contributed by atoms with Crippen molar-refractivity contribution in [3.05, 3.63) is 54.1 Å². The van der Waals surface area contributed by atoms with Crippen LogP contribution in [-0.4, -0.2) is 0 Å². The van der Waals surface area contributed by atoms with Crippen LogP contribution in [-0.2, 0) is 25.8 Å². The summed E-state index contributed by atoms with van der Waals surface area (Å²) in [5, 5.41) is 0. The van der Waals surface area contributed by atoms with E-state index in [9.17, 15) is 0 Å². The van der Waals surface area contributed by atoms with Gasteiger partial charge in [-0.1, -0.05) is 42.8 Å². The smallest absolute Gasteiger partial charge is 0 e. The largest absolute Gasteiger partial charge is 0.194 e. The second-order valence-corrected chi connectivity index (χ2v) is 2.99. The maximum absolute atomic E-state index is 2.16. The van der Waals surface area contributed by atoms with E-state index >= 15 is 0 Å². The van der Waals surface area contributed by atoms with Crippen molar-refractivity contribution in [1.82, 2.24) is 0 Å². The Morgan fingerprint density at radius 3 is 2.23 bits per heavy atom. The van der Waals surface area contributed by atoms with Crippen molar-refractivity contribution in [2.24, 2.45) is 0 Å². The number of benzene rings is 1. The van der Waals surface area contributed by atoms with Crippen molar-refractivity contribution >= 4 is 0 Å². The molecule has 0 atom stereocenters. The van der Waals surface area contributed by atoms with Crippen molar-refractivity contribution in [3.8, 4) is 11.1 Å². The fourth-order valence-electron chi connectivity index (χ4n) is 1.45. The van der Waals surface area contributed by atoms with E-state index in [0.717, 1.165) is 0 Å². The summed E-state index contributed by atoms with van der Waals surface area (Å²) in [5.41, 5.74) is 4.00. The maximum atomic E-state index is 2.16. The monoisotopic (exact) mass is 335 g/mol. The molecule has 0 aliphatic rings. The van der Waals surface area contributed by atoms with Gasteiger partial charge in [0.15, 0.2) is 0 Å². The Kier molecular flexibility index (Phi) is 3.73. The van der Waals surface area contributed by atoms with Gasteiger partial charge in [0.25, 0.3) is 0 Å². The first-order valence-corrected chi connectivity index (χ1v) is 4.15. The molecule has 0 N–H and O–H groups in total. The summed E-state index contributed by atoms with van der Waals surface area (Å²) in [7, 11) is 0. The Morgan fingerprint density at radius 1 is 1.00 bits per heavy atom. The van der Waals surface area contributed by atoms with Crippen molar-refractivity contribution in [1.29, 1.82) is 0 Å². The van der Waals surface area contributed by atoms with E-state index in [1.165, 1.54) is 16.7 Å². The minimum atomic E-state index is 0. The minimum absolute atomic E-state index is 0. The molecule has 0 spiro atoms. The van der Waals surface area contributed by atoms with Crippen molar-refractivity contribution in [3.63, 3.8) is 0 Å². The number of aryl methyl sites for hydroxylation is 1. The van der Waals surface area contributed by atoms with Gasteiger partial charge >= 0.3 is 0 Å². The summed E-state index contributed by atoms with van der Waals surface area (Å²) in [6.45, 7) is 2.14. The Hall–Kier alpha value is -0.560. The molecule has 0 aliphatic carbocycles. The van der Waals surface area contributed by atoms with Gasteiger partial charge in [-0.05, 0) is 0 Å². The van der Waals surface area contributed by atoms with Crippen LogP contribution in [0.4, 0.5) is 0 Å². The van der Waals surface area contributed by atoms with E-state index in [4.69, 9.17) is 0 Å². The van der Waals surface area contributed by atoms with Crippen LogP contribution in [0.1, 0.15) is 5.56 Å². The van der Waals surface area contributed by atoms with E-state index in [1.54, 1.807) is 0 Å². The molecule has 0 unspecified atom stereocenters. The molecule has 0 saturated heterocycles. The number of hydrogen-bond donors (Lipinski definition) is 0. The van der Waals surface area contributed by atoms with Crippen LogP contribution in [0.25, 0.3) is 11.1 Å². The van der Waals surface area contributed by atoms with Gasteiger partial charge in [0.05, 0.1) is 0 Å². The first kappa shape index (κ1) is 10.5. The molecule has 2 aromatic carbocycles. The predicted octanol–water partition coefficient (Wildman–Crippen LogP) is 3.38. The van der Waals surface area contributed by atoms with Crippen LogP contribution in [0, 0.1) is 6.92 Å². The fourth-order valence-corrected chi connectivity index (χ4v) is 1.45. The summed E-state index contributed by atoms with van der Waals surface area (Å²) in [6, 6.07) is 16.9. The summed E-state index contributed by atoms with van der Waals surface area (Å²) >= 11 is 0. The van der Waals surface area contributed by atoms with Crippen molar-refractivity contribution in [2.45, 2.75) is 6.92 Å². The van der Waals surface area contributed by atoms with Crippen molar-refractivity contribution < 1.29 is 25.8 Å². The molecular weight excluding hydrogens is 323 g/mol. The van der Waals surface area contributed by atoms with Gasteiger partial charge in [-0.25, -0.2) is 0 Å². The summed E-state index contributed by atoms with van der Waals surface area (Å²) in [5.74, 6) is 0. The Balaban J connectivity index is 0.000000845. The summed E-state index contributed by atoms with van der Waals surface area (Å²) in [4.78, 5) is 0. The molecule has 0 amide bonds. The van der Waals surface area contributed by atoms with Crippen LogP contribution < -0.4 is 0 Å². The zero-order chi connectivity index (χ0) is 8.39. The third kappa shape index (κ3) is 2.22. The van der Waals surface area contributed by atoms with Crippen LogP contribution in [0.2, 0.25) is 0 Å². The van der Waals surface area contributed by atoms with Crippen LogP contribution in [0.15, 0.2) is 48.5 Å². The molecular formula is C12H11Hf-. The summed E-state index contributed by atoms with van der Waals surface area (Å²) < 4.78 is 0.